The zero-order chi connectivity index (χ0) is 22.9. The number of nitrogens with two attached hydrogens (primary N) is 1. The van der Waals surface area contributed by atoms with Crippen LogP contribution >= 0.6 is 11.8 Å². The molecule has 2 aromatic rings. The fourth-order valence-corrected chi connectivity index (χ4v) is 3.98. The number of thioether (sulfide) groups is 1. The van der Waals surface area contributed by atoms with Crippen molar-refractivity contribution < 1.29 is 22.7 Å². The van der Waals surface area contributed by atoms with Gasteiger partial charge in [0.25, 0.3) is 11.8 Å². The van der Waals surface area contributed by atoms with Gasteiger partial charge in [0.15, 0.2) is 11.6 Å². The molecule has 13 heteroatoms. The molecule has 1 aromatic carbocycles. The maximum atomic E-state index is 12.2. The average Bonchev–Trinajstić information content (AvgIpc) is 2.97. The Labute approximate surface area is 181 Å². The Kier molecular flexibility index (Phi) is 5.98. The Hall–Kier alpha value is -3.47. The summed E-state index contributed by atoms with van der Waals surface area (Å²) < 4.78 is 28.9. The molecule has 3 rings (SSSR count). The van der Waals surface area contributed by atoms with Gasteiger partial charge in [0.1, 0.15) is 27.3 Å². The van der Waals surface area contributed by atoms with Gasteiger partial charge < -0.3 is 4.74 Å². The molecule has 0 bridgehead atoms. The summed E-state index contributed by atoms with van der Waals surface area (Å²) >= 11 is 1.14. The van der Waals surface area contributed by atoms with Gasteiger partial charge in [-0.25, -0.2) is 23.5 Å². The fourth-order valence-electron chi connectivity index (χ4n) is 2.74. The van der Waals surface area contributed by atoms with Gasteiger partial charge in [0, 0.05) is 17.2 Å². The standard InChI is InChI=1S/C18H16N6O5S2/c1-9-6-14(25)24(18(9)26)23-16-11(8-19)17(30-3)22-15(21-16)10-4-5-12(29-2)13(7-10)31(20,27)28/h4-7H,1-3H3,(H2,20,27,28)(H,21,22,23). The highest BCUT2D eigenvalue weighted by molar-refractivity contribution is 7.98. The van der Waals surface area contributed by atoms with E-state index in [2.05, 4.69) is 15.4 Å². The van der Waals surface area contributed by atoms with Gasteiger partial charge in [-0.2, -0.15) is 10.3 Å². The highest BCUT2D eigenvalue weighted by Crippen LogP contribution is 2.31. The van der Waals surface area contributed by atoms with Gasteiger partial charge in [-0.3, -0.25) is 15.0 Å². The third kappa shape index (κ3) is 4.22. The number of amides is 2. The van der Waals surface area contributed by atoms with E-state index in [1.807, 2.05) is 6.07 Å². The van der Waals surface area contributed by atoms with E-state index < -0.39 is 21.8 Å². The number of primary sulfonamides is 1. The van der Waals surface area contributed by atoms with Crippen molar-refractivity contribution in [3.05, 3.63) is 35.4 Å². The van der Waals surface area contributed by atoms with Crippen LogP contribution in [-0.2, 0) is 19.6 Å². The number of nitrogens with zero attached hydrogens (tertiary/aromatic N) is 4. The molecule has 0 radical (unpaired) electrons. The summed E-state index contributed by atoms with van der Waals surface area (Å²) in [5, 5.41) is 15.8. The normalized spacial score (nSPS) is 13.8. The number of hydrazine groups is 1. The van der Waals surface area contributed by atoms with Crippen molar-refractivity contribution in [2.75, 3.05) is 18.8 Å². The number of aromatic nitrogens is 2. The van der Waals surface area contributed by atoms with E-state index in [9.17, 15) is 23.3 Å². The van der Waals surface area contributed by atoms with E-state index in [1.165, 1.54) is 32.2 Å². The van der Waals surface area contributed by atoms with Crippen molar-refractivity contribution in [3.8, 4) is 23.2 Å². The van der Waals surface area contributed by atoms with Crippen LogP contribution in [0.3, 0.4) is 0 Å². The van der Waals surface area contributed by atoms with E-state index in [4.69, 9.17) is 9.88 Å². The molecule has 1 aliphatic heterocycles. The lowest BCUT2D eigenvalue weighted by Crippen LogP contribution is -2.37. The number of benzene rings is 1. The van der Waals surface area contributed by atoms with E-state index in [-0.39, 0.29) is 44.0 Å². The number of nitrogens with one attached hydrogen (secondary N) is 1. The Bertz CT molecular complexity index is 1280. The van der Waals surface area contributed by atoms with E-state index in [0.717, 1.165) is 22.8 Å². The van der Waals surface area contributed by atoms with Gasteiger partial charge in [-0.15, -0.1) is 11.8 Å². The molecule has 0 saturated heterocycles. The second-order valence-electron chi connectivity index (χ2n) is 6.22. The number of methoxy groups -OCH3 is 1. The van der Waals surface area contributed by atoms with Crippen LogP contribution in [0, 0.1) is 11.3 Å². The molecule has 0 atom stereocenters. The monoisotopic (exact) mass is 460 g/mol. The molecule has 0 aliphatic carbocycles. The van der Waals surface area contributed by atoms with Crippen molar-refractivity contribution in [2.24, 2.45) is 5.14 Å². The molecule has 0 spiro atoms. The first-order valence-corrected chi connectivity index (χ1v) is 11.3. The molecule has 2 heterocycles. The van der Waals surface area contributed by atoms with Gasteiger partial charge in [0.05, 0.1) is 7.11 Å². The zero-order valence-corrected chi connectivity index (χ0v) is 18.2. The topological polar surface area (TPSA) is 168 Å². The second kappa shape index (κ2) is 8.34. The number of rotatable bonds is 6. The lowest BCUT2D eigenvalue weighted by Gasteiger charge is -2.18. The first kappa shape index (κ1) is 22.2. The first-order valence-electron chi connectivity index (χ1n) is 8.51. The fraction of sp³-hybridized carbons (Fsp3) is 0.167. The maximum absolute atomic E-state index is 12.2. The number of imide groups is 1. The third-order valence-corrected chi connectivity index (χ3v) is 5.84. The number of carbonyl (C=O) groups is 2. The minimum absolute atomic E-state index is 0.0154. The van der Waals surface area contributed by atoms with E-state index in [1.54, 1.807) is 6.26 Å². The lowest BCUT2D eigenvalue weighted by atomic mass is 10.2. The van der Waals surface area contributed by atoms with Gasteiger partial charge in [-0.05, 0) is 31.4 Å². The van der Waals surface area contributed by atoms with Crippen LogP contribution in [0.15, 0.2) is 39.8 Å². The van der Waals surface area contributed by atoms with E-state index >= 15 is 0 Å². The smallest absolute Gasteiger partial charge is 0.275 e. The first-order chi connectivity index (χ1) is 14.6. The number of nitriles is 1. The Morgan fingerprint density at radius 3 is 2.52 bits per heavy atom. The summed E-state index contributed by atoms with van der Waals surface area (Å²) in [4.78, 5) is 32.6. The molecular weight excluding hydrogens is 444 g/mol. The molecule has 160 valence electrons. The maximum Gasteiger partial charge on any atom is 0.275 e. The highest BCUT2D eigenvalue weighted by Gasteiger charge is 2.30. The molecule has 11 nitrogen and oxygen atoms in total. The average molecular weight is 460 g/mol. The molecule has 31 heavy (non-hydrogen) atoms. The minimum atomic E-state index is -4.11. The largest absolute Gasteiger partial charge is 0.495 e. The molecule has 0 unspecified atom stereocenters. The summed E-state index contributed by atoms with van der Waals surface area (Å²) in [6, 6.07) is 6.10. The molecule has 1 aliphatic rings. The molecular formula is C18H16N6O5S2. The number of hydrogen-bond acceptors (Lipinski definition) is 10. The molecule has 0 saturated carbocycles. The van der Waals surface area contributed by atoms with Crippen LogP contribution in [0.25, 0.3) is 11.4 Å². The third-order valence-electron chi connectivity index (χ3n) is 4.23. The molecule has 1 aromatic heterocycles. The highest BCUT2D eigenvalue weighted by atomic mass is 32.2. The number of carbonyl (C=O) groups excluding carboxylic acids is 2. The van der Waals surface area contributed by atoms with Crippen molar-refractivity contribution in [3.63, 3.8) is 0 Å². The van der Waals surface area contributed by atoms with Crippen molar-refractivity contribution in [2.45, 2.75) is 16.8 Å². The van der Waals surface area contributed by atoms with Crippen LogP contribution in [0.1, 0.15) is 12.5 Å². The molecule has 2 amide bonds. The van der Waals surface area contributed by atoms with Crippen LogP contribution < -0.4 is 15.3 Å². The summed E-state index contributed by atoms with van der Waals surface area (Å²) in [6.45, 7) is 1.48. The summed E-state index contributed by atoms with van der Waals surface area (Å²) in [5.41, 5.74) is 3.08. The van der Waals surface area contributed by atoms with Crippen molar-refractivity contribution >= 4 is 39.4 Å². The van der Waals surface area contributed by atoms with Crippen molar-refractivity contribution in [1.82, 2.24) is 15.0 Å². The predicted molar refractivity (Wildman–Crippen MR) is 111 cm³/mol. The zero-order valence-electron chi connectivity index (χ0n) is 16.5. The number of hydrogen-bond donors (Lipinski definition) is 2. The van der Waals surface area contributed by atoms with Crippen LogP contribution in [0.4, 0.5) is 5.82 Å². The Morgan fingerprint density at radius 2 is 2.00 bits per heavy atom. The number of anilines is 1. The van der Waals surface area contributed by atoms with Crippen LogP contribution in [0.2, 0.25) is 0 Å². The molecule has 0 fully saturated rings. The van der Waals surface area contributed by atoms with Gasteiger partial charge in [-0.1, -0.05) is 0 Å². The summed E-state index contributed by atoms with van der Waals surface area (Å²) in [7, 11) is -2.81. The van der Waals surface area contributed by atoms with Crippen LogP contribution in [0.5, 0.6) is 5.75 Å². The number of ether oxygens (including phenoxy) is 1. The van der Waals surface area contributed by atoms with Crippen LogP contribution in [-0.4, -0.2) is 48.6 Å². The Balaban J connectivity index is 2.16. The summed E-state index contributed by atoms with van der Waals surface area (Å²) in [6.07, 6.45) is 2.83. The summed E-state index contributed by atoms with van der Waals surface area (Å²) in [5.74, 6) is -1.20. The van der Waals surface area contributed by atoms with Crippen molar-refractivity contribution in [1.29, 1.82) is 5.26 Å². The Morgan fingerprint density at radius 1 is 1.29 bits per heavy atom. The SMILES string of the molecule is COc1ccc(-c2nc(NN3C(=O)C=C(C)C3=O)c(C#N)c(SC)n2)cc1S(N)(=O)=O. The minimum Gasteiger partial charge on any atom is -0.495 e. The quantitative estimate of drug-likeness (QED) is 0.361. The predicted octanol–water partition coefficient (Wildman–Crippen LogP) is 1.04. The number of sulfonamides is 1. The van der Waals surface area contributed by atoms with Gasteiger partial charge >= 0.3 is 0 Å². The molecule has 3 N–H and O–H groups in total. The van der Waals surface area contributed by atoms with Gasteiger partial charge in [0.2, 0.25) is 10.0 Å². The second-order valence-corrected chi connectivity index (χ2v) is 8.55. The lowest BCUT2D eigenvalue weighted by molar-refractivity contribution is -0.135. The van der Waals surface area contributed by atoms with E-state index in [0.29, 0.717) is 0 Å².